The smallest absolute Gasteiger partial charge is 0.201 e. The highest BCUT2D eigenvalue weighted by atomic mass is 35.5. The van der Waals surface area contributed by atoms with Crippen molar-refractivity contribution in [3.8, 4) is 0 Å². The quantitative estimate of drug-likeness (QED) is 0.778. The van der Waals surface area contributed by atoms with Gasteiger partial charge in [-0.2, -0.15) is 0 Å². The van der Waals surface area contributed by atoms with E-state index in [9.17, 15) is 0 Å². The molecule has 0 atom stereocenters. The Balaban J connectivity index is 2.07. The molecule has 0 saturated heterocycles. The Labute approximate surface area is 115 Å². The zero-order valence-corrected chi connectivity index (χ0v) is 11.1. The molecule has 0 bridgehead atoms. The van der Waals surface area contributed by atoms with Gasteiger partial charge in [0, 0.05) is 6.20 Å². The highest BCUT2D eigenvalue weighted by Gasteiger charge is 2.11. The fraction of sp³-hybridized carbons (Fsp3) is 0.154. The van der Waals surface area contributed by atoms with Crippen LogP contribution < -0.4 is 5.73 Å². The van der Waals surface area contributed by atoms with E-state index in [0.29, 0.717) is 23.0 Å². The van der Waals surface area contributed by atoms with Gasteiger partial charge < -0.3 is 10.3 Å². The normalized spacial score (nSPS) is 11.1. The van der Waals surface area contributed by atoms with E-state index in [4.69, 9.17) is 17.3 Å². The van der Waals surface area contributed by atoms with E-state index in [2.05, 4.69) is 15.0 Å². The van der Waals surface area contributed by atoms with E-state index >= 15 is 0 Å². The molecule has 0 radical (unpaired) electrons. The van der Waals surface area contributed by atoms with Crippen molar-refractivity contribution in [2.24, 2.45) is 0 Å². The van der Waals surface area contributed by atoms with Gasteiger partial charge in [0.1, 0.15) is 5.52 Å². The van der Waals surface area contributed by atoms with Gasteiger partial charge in [0.05, 0.1) is 34.7 Å². The molecule has 0 saturated carbocycles. The first-order valence-electron chi connectivity index (χ1n) is 5.83. The number of fused-ring (bicyclic) bond motifs is 1. The Morgan fingerprint density at radius 1 is 1.26 bits per heavy atom. The minimum absolute atomic E-state index is 0.422. The molecule has 19 heavy (non-hydrogen) atoms. The molecular formula is C13H12ClN5. The Kier molecular flexibility index (Phi) is 2.83. The number of imidazole rings is 1. The molecule has 0 fully saturated rings. The summed E-state index contributed by atoms with van der Waals surface area (Å²) < 4.78 is 1.88. The van der Waals surface area contributed by atoms with Gasteiger partial charge in [-0.05, 0) is 19.1 Å². The minimum atomic E-state index is 0.422. The highest BCUT2D eigenvalue weighted by Crippen LogP contribution is 2.25. The van der Waals surface area contributed by atoms with E-state index in [0.717, 1.165) is 16.9 Å². The van der Waals surface area contributed by atoms with Crippen molar-refractivity contribution in [3.63, 3.8) is 0 Å². The topological polar surface area (TPSA) is 69.6 Å². The summed E-state index contributed by atoms with van der Waals surface area (Å²) in [6.07, 6.45) is 3.47. The Morgan fingerprint density at radius 3 is 2.84 bits per heavy atom. The Morgan fingerprint density at radius 2 is 2.11 bits per heavy atom. The lowest BCUT2D eigenvalue weighted by molar-refractivity contribution is 0.798. The fourth-order valence-electron chi connectivity index (χ4n) is 1.96. The lowest BCUT2D eigenvalue weighted by Crippen LogP contribution is -2.06. The third-order valence-electron chi connectivity index (χ3n) is 2.91. The summed E-state index contributed by atoms with van der Waals surface area (Å²) in [7, 11) is 0. The van der Waals surface area contributed by atoms with Crippen molar-refractivity contribution < 1.29 is 0 Å². The van der Waals surface area contributed by atoms with Crippen molar-refractivity contribution >= 4 is 28.6 Å². The molecule has 2 heterocycles. The Hall–Kier alpha value is -2.14. The summed E-state index contributed by atoms with van der Waals surface area (Å²) >= 11 is 6.11. The number of anilines is 1. The maximum atomic E-state index is 6.11. The van der Waals surface area contributed by atoms with Crippen molar-refractivity contribution in [3.05, 3.63) is 47.0 Å². The molecule has 0 aliphatic carbocycles. The van der Waals surface area contributed by atoms with Crippen molar-refractivity contribution in [1.82, 2.24) is 19.5 Å². The fourth-order valence-corrected chi connectivity index (χ4v) is 2.17. The third-order valence-corrected chi connectivity index (χ3v) is 3.22. The van der Waals surface area contributed by atoms with E-state index in [1.165, 1.54) is 0 Å². The number of rotatable bonds is 2. The highest BCUT2D eigenvalue weighted by molar-refractivity contribution is 6.35. The molecule has 96 valence electrons. The molecule has 3 aromatic rings. The van der Waals surface area contributed by atoms with Crippen LogP contribution in [-0.4, -0.2) is 19.5 Å². The van der Waals surface area contributed by atoms with Gasteiger partial charge in [0.15, 0.2) is 0 Å². The van der Waals surface area contributed by atoms with Crippen LogP contribution in [0.3, 0.4) is 0 Å². The van der Waals surface area contributed by atoms with Crippen LogP contribution in [0, 0.1) is 6.92 Å². The van der Waals surface area contributed by atoms with Gasteiger partial charge in [0.25, 0.3) is 0 Å². The summed E-state index contributed by atoms with van der Waals surface area (Å²) in [5.74, 6) is 0.422. The molecule has 0 aliphatic heterocycles. The summed E-state index contributed by atoms with van der Waals surface area (Å²) in [4.78, 5) is 12.8. The monoisotopic (exact) mass is 273 g/mol. The number of nitrogens with two attached hydrogens (primary N) is 1. The van der Waals surface area contributed by atoms with Gasteiger partial charge in [-0.15, -0.1) is 0 Å². The first kappa shape index (κ1) is 11.9. The van der Waals surface area contributed by atoms with E-state index < -0.39 is 0 Å². The van der Waals surface area contributed by atoms with Crippen LogP contribution in [0.1, 0.15) is 11.4 Å². The van der Waals surface area contributed by atoms with Gasteiger partial charge in [0.2, 0.25) is 5.95 Å². The maximum absolute atomic E-state index is 6.11. The number of benzene rings is 1. The first-order valence-corrected chi connectivity index (χ1v) is 6.20. The number of halogens is 1. The second-order valence-electron chi connectivity index (χ2n) is 4.31. The average Bonchev–Trinajstić information content (AvgIpc) is 2.71. The van der Waals surface area contributed by atoms with Crippen LogP contribution in [0.15, 0.2) is 30.6 Å². The van der Waals surface area contributed by atoms with Gasteiger partial charge >= 0.3 is 0 Å². The lowest BCUT2D eigenvalue weighted by Gasteiger charge is -2.05. The van der Waals surface area contributed by atoms with Gasteiger partial charge in [-0.25, -0.2) is 4.98 Å². The molecular weight excluding hydrogens is 262 g/mol. The minimum Gasteiger partial charge on any atom is -0.369 e. The molecule has 2 aromatic heterocycles. The largest absolute Gasteiger partial charge is 0.369 e. The molecule has 0 unspecified atom stereocenters. The molecule has 3 rings (SSSR count). The zero-order chi connectivity index (χ0) is 13.4. The van der Waals surface area contributed by atoms with E-state index in [1.54, 1.807) is 18.5 Å². The van der Waals surface area contributed by atoms with E-state index in [1.807, 2.05) is 23.6 Å². The number of hydrogen-bond acceptors (Lipinski definition) is 4. The second-order valence-corrected chi connectivity index (χ2v) is 4.72. The van der Waals surface area contributed by atoms with Crippen molar-refractivity contribution in [2.75, 3.05) is 5.73 Å². The average molecular weight is 274 g/mol. The van der Waals surface area contributed by atoms with Gasteiger partial charge in [-0.3, -0.25) is 9.97 Å². The second kappa shape index (κ2) is 4.51. The predicted molar refractivity (Wildman–Crippen MR) is 75.0 cm³/mol. The lowest BCUT2D eigenvalue weighted by atomic mass is 10.3. The first-order chi connectivity index (χ1) is 9.15. The Bertz CT molecular complexity index is 733. The zero-order valence-electron chi connectivity index (χ0n) is 10.3. The van der Waals surface area contributed by atoms with Crippen molar-refractivity contribution in [1.29, 1.82) is 0 Å². The molecule has 0 spiro atoms. The standard InChI is InChI=1S/C13H12ClN5/c1-8-5-17-9(6-16-8)7-19-11-4-2-3-10(14)12(11)18-13(19)15/h2-6H,7H2,1H3,(H2,15,18). The number of aromatic nitrogens is 4. The predicted octanol–water partition coefficient (Wildman–Crippen LogP) is 2.42. The number of hydrogen-bond donors (Lipinski definition) is 1. The summed E-state index contributed by atoms with van der Waals surface area (Å²) in [5, 5.41) is 0.595. The maximum Gasteiger partial charge on any atom is 0.201 e. The van der Waals surface area contributed by atoms with Crippen LogP contribution in [0.5, 0.6) is 0 Å². The van der Waals surface area contributed by atoms with Crippen LogP contribution in [0.25, 0.3) is 11.0 Å². The van der Waals surface area contributed by atoms with Crippen molar-refractivity contribution in [2.45, 2.75) is 13.5 Å². The van der Waals surface area contributed by atoms with Crippen LogP contribution in [-0.2, 0) is 6.54 Å². The van der Waals surface area contributed by atoms with Crippen LogP contribution >= 0.6 is 11.6 Å². The summed E-state index contributed by atoms with van der Waals surface area (Å²) in [5.41, 5.74) is 9.27. The molecule has 0 aliphatic rings. The van der Waals surface area contributed by atoms with Crippen LogP contribution in [0.4, 0.5) is 5.95 Å². The molecule has 6 heteroatoms. The van der Waals surface area contributed by atoms with Gasteiger partial charge in [-0.1, -0.05) is 17.7 Å². The molecule has 2 N–H and O–H groups in total. The van der Waals surface area contributed by atoms with E-state index in [-0.39, 0.29) is 0 Å². The molecule has 5 nitrogen and oxygen atoms in total. The number of nitrogens with zero attached hydrogens (tertiary/aromatic N) is 4. The molecule has 1 aromatic carbocycles. The summed E-state index contributed by atoms with van der Waals surface area (Å²) in [6.45, 7) is 2.42. The number of aryl methyl sites for hydroxylation is 1. The SMILES string of the molecule is Cc1cnc(Cn2c(N)nc3c(Cl)cccc32)cn1. The molecule has 0 amide bonds. The summed E-state index contributed by atoms with van der Waals surface area (Å²) in [6, 6.07) is 5.61. The number of para-hydroxylation sites is 1. The number of nitrogen functional groups attached to an aromatic ring is 1. The third kappa shape index (κ3) is 2.13. The van der Waals surface area contributed by atoms with Crippen LogP contribution in [0.2, 0.25) is 5.02 Å².